The van der Waals surface area contributed by atoms with Crippen LogP contribution in [0.1, 0.15) is 19.8 Å². The number of ether oxygens (including phenoxy) is 1. The van der Waals surface area contributed by atoms with E-state index in [0.717, 1.165) is 29.4 Å². The van der Waals surface area contributed by atoms with Crippen LogP contribution in [-0.4, -0.2) is 19.2 Å². The average Bonchev–Trinajstić information content (AvgIpc) is 3.09. The molecule has 2 rings (SSSR count). The van der Waals surface area contributed by atoms with E-state index in [2.05, 4.69) is 28.2 Å². The first-order chi connectivity index (χ1) is 8.15. The molecule has 1 N–H and O–H groups in total. The molecule has 0 spiro atoms. The summed E-state index contributed by atoms with van der Waals surface area (Å²) < 4.78 is 6.67. The molecule has 0 amide bonds. The normalized spacial score (nSPS) is 16.9. The SMILES string of the molecule is CC(CNC1CC1)COc1ccc(Cl)cc1Br. The minimum Gasteiger partial charge on any atom is -0.492 e. The fourth-order valence-corrected chi connectivity index (χ4v) is 2.34. The van der Waals surface area contributed by atoms with Crippen LogP contribution in [0.15, 0.2) is 22.7 Å². The molecular weight excluding hydrogens is 302 g/mol. The molecule has 1 aromatic carbocycles. The zero-order chi connectivity index (χ0) is 12.3. The summed E-state index contributed by atoms with van der Waals surface area (Å²) in [4.78, 5) is 0. The van der Waals surface area contributed by atoms with Crippen molar-refractivity contribution in [1.29, 1.82) is 0 Å². The largest absolute Gasteiger partial charge is 0.492 e. The summed E-state index contributed by atoms with van der Waals surface area (Å²) in [5.74, 6) is 1.37. The summed E-state index contributed by atoms with van der Waals surface area (Å²) in [6.07, 6.45) is 2.66. The lowest BCUT2D eigenvalue weighted by atomic mass is 10.2. The van der Waals surface area contributed by atoms with Gasteiger partial charge in [0.1, 0.15) is 5.75 Å². The van der Waals surface area contributed by atoms with E-state index in [4.69, 9.17) is 16.3 Å². The van der Waals surface area contributed by atoms with Gasteiger partial charge in [-0.1, -0.05) is 18.5 Å². The highest BCUT2D eigenvalue weighted by Crippen LogP contribution is 2.28. The fourth-order valence-electron chi connectivity index (χ4n) is 1.54. The van der Waals surface area contributed by atoms with Crippen molar-refractivity contribution in [2.75, 3.05) is 13.2 Å². The van der Waals surface area contributed by atoms with Crippen molar-refractivity contribution < 1.29 is 4.74 Å². The third kappa shape index (κ3) is 4.49. The minimum absolute atomic E-state index is 0.512. The van der Waals surface area contributed by atoms with Crippen LogP contribution in [0, 0.1) is 5.92 Å². The van der Waals surface area contributed by atoms with E-state index in [1.54, 1.807) is 0 Å². The first kappa shape index (κ1) is 13.2. The summed E-state index contributed by atoms with van der Waals surface area (Å²) in [5, 5.41) is 4.22. The van der Waals surface area contributed by atoms with E-state index in [9.17, 15) is 0 Å². The highest BCUT2D eigenvalue weighted by atomic mass is 79.9. The molecule has 0 aliphatic heterocycles. The van der Waals surface area contributed by atoms with E-state index >= 15 is 0 Å². The number of rotatable bonds is 6. The number of nitrogens with one attached hydrogen (secondary N) is 1. The van der Waals surface area contributed by atoms with E-state index in [1.807, 2.05) is 18.2 Å². The molecule has 1 fully saturated rings. The Balaban J connectivity index is 1.75. The Morgan fingerprint density at radius 2 is 2.29 bits per heavy atom. The molecule has 1 aliphatic carbocycles. The van der Waals surface area contributed by atoms with Gasteiger partial charge < -0.3 is 10.1 Å². The Labute approximate surface area is 116 Å². The Bertz CT molecular complexity index is 382. The molecule has 17 heavy (non-hydrogen) atoms. The molecule has 4 heteroatoms. The van der Waals surface area contributed by atoms with Crippen LogP contribution < -0.4 is 10.1 Å². The number of hydrogen-bond donors (Lipinski definition) is 1. The second-order valence-electron chi connectivity index (χ2n) is 4.67. The first-order valence-electron chi connectivity index (χ1n) is 5.96. The van der Waals surface area contributed by atoms with Crippen molar-refractivity contribution in [3.63, 3.8) is 0 Å². The van der Waals surface area contributed by atoms with Gasteiger partial charge >= 0.3 is 0 Å². The predicted octanol–water partition coefficient (Wildman–Crippen LogP) is 3.87. The smallest absolute Gasteiger partial charge is 0.133 e. The maximum Gasteiger partial charge on any atom is 0.133 e. The van der Waals surface area contributed by atoms with Gasteiger partial charge in [0.25, 0.3) is 0 Å². The molecule has 1 saturated carbocycles. The van der Waals surface area contributed by atoms with Crippen LogP contribution >= 0.6 is 27.5 Å². The quantitative estimate of drug-likeness (QED) is 0.859. The van der Waals surface area contributed by atoms with Gasteiger partial charge in [-0.2, -0.15) is 0 Å². The van der Waals surface area contributed by atoms with Crippen LogP contribution in [0.25, 0.3) is 0 Å². The van der Waals surface area contributed by atoms with Crippen LogP contribution in [0.5, 0.6) is 5.75 Å². The number of halogens is 2. The zero-order valence-electron chi connectivity index (χ0n) is 9.88. The third-order valence-electron chi connectivity index (χ3n) is 2.75. The van der Waals surface area contributed by atoms with Crippen LogP contribution in [0.3, 0.4) is 0 Å². The fraction of sp³-hybridized carbons (Fsp3) is 0.538. The van der Waals surface area contributed by atoms with E-state index < -0.39 is 0 Å². The van der Waals surface area contributed by atoms with Crippen LogP contribution in [0.4, 0.5) is 0 Å². The lowest BCUT2D eigenvalue weighted by Crippen LogP contribution is -2.26. The molecular formula is C13H17BrClNO. The Morgan fingerprint density at radius 1 is 1.53 bits per heavy atom. The lowest BCUT2D eigenvalue weighted by molar-refractivity contribution is 0.254. The molecule has 0 heterocycles. The summed E-state index contributed by atoms with van der Waals surface area (Å²) in [5.41, 5.74) is 0. The van der Waals surface area contributed by atoms with Gasteiger partial charge in [-0.05, 0) is 47.0 Å². The summed E-state index contributed by atoms with van der Waals surface area (Å²) in [6.45, 7) is 3.94. The van der Waals surface area contributed by atoms with E-state index in [0.29, 0.717) is 10.9 Å². The Morgan fingerprint density at radius 3 is 2.94 bits per heavy atom. The molecule has 94 valence electrons. The van der Waals surface area contributed by atoms with Crippen LogP contribution in [0.2, 0.25) is 5.02 Å². The Kier molecular flexibility index (Phi) is 4.71. The van der Waals surface area contributed by atoms with E-state index in [-0.39, 0.29) is 0 Å². The van der Waals surface area contributed by atoms with Gasteiger partial charge in [0.15, 0.2) is 0 Å². The molecule has 0 saturated heterocycles. The van der Waals surface area contributed by atoms with Gasteiger partial charge in [-0.15, -0.1) is 0 Å². The second kappa shape index (κ2) is 6.07. The molecule has 1 aliphatic rings. The summed E-state index contributed by atoms with van der Waals surface area (Å²) in [6, 6.07) is 6.35. The molecule has 0 aromatic heterocycles. The van der Waals surface area contributed by atoms with Crippen molar-refractivity contribution in [2.45, 2.75) is 25.8 Å². The maximum atomic E-state index is 5.88. The number of benzene rings is 1. The van der Waals surface area contributed by atoms with Gasteiger partial charge in [-0.3, -0.25) is 0 Å². The average molecular weight is 319 g/mol. The van der Waals surface area contributed by atoms with Crippen molar-refractivity contribution in [1.82, 2.24) is 5.32 Å². The Hall–Kier alpha value is -0.250. The third-order valence-corrected chi connectivity index (χ3v) is 3.60. The molecule has 1 aromatic rings. The highest BCUT2D eigenvalue weighted by molar-refractivity contribution is 9.10. The van der Waals surface area contributed by atoms with Gasteiger partial charge in [-0.25, -0.2) is 0 Å². The van der Waals surface area contributed by atoms with Gasteiger partial charge in [0.2, 0.25) is 0 Å². The van der Waals surface area contributed by atoms with Gasteiger partial charge in [0, 0.05) is 23.5 Å². The second-order valence-corrected chi connectivity index (χ2v) is 5.96. The van der Waals surface area contributed by atoms with E-state index in [1.165, 1.54) is 12.8 Å². The lowest BCUT2D eigenvalue weighted by Gasteiger charge is -2.14. The topological polar surface area (TPSA) is 21.3 Å². The van der Waals surface area contributed by atoms with Crippen LogP contribution in [-0.2, 0) is 0 Å². The molecule has 1 unspecified atom stereocenters. The van der Waals surface area contributed by atoms with Crippen molar-refractivity contribution >= 4 is 27.5 Å². The monoisotopic (exact) mass is 317 g/mol. The summed E-state index contributed by atoms with van der Waals surface area (Å²) >= 11 is 9.32. The molecule has 2 nitrogen and oxygen atoms in total. The predicted molar refractivity (Wildman–Crippen MR) is 74.8 cm³/mol. The van der Waals surface area contributed by atoms with Crippen molar-refractivity contribution in [3.05, 3.63) is 27.7 Å². The standard InChI is InChI=1S/C13H17BrClNO/c1-9(7-16-11-3-4-11)8-17-13-5-2-10(15)6-12(13)14/h2,5-6,9,11,16H,3-4,7-8H2,1H3. The first-order valence-corrected chi connectivity index (χ1v) is 7.13. The molecule has 0 bridgehead atoms. The van der Waals surface area contributed by atoms with Crippen molar-refractivity contribution in [3.8, 4) is 5.75 Å². The minimum atomic E-state index is 0.512. The zero-order valence-corrected chi connectivity index (χ0v) is 12.2. The highest BCUT2D eigenvalue weighted by Gasteiger charge is 2.20. The molecule has 0 radical (unpaired) electrons. The van der Waals surface area contributed by atoms with Gasteiger partial charge in [0.05, 0.1) is 11.1 Å². The summed E-state index contributed by atoms with van der Waals surface area (Å²) in [7, 11) is 0. The number of hydrogen-bond acceptors (Lipinski definition) is 2. The molecule has 1 atom stereocenters. The maximum absolute atomic E-state index is 5.88. The van der Waals surface area contributed by atoms with Crippen molar-refractivity contribution in [2.24, 2.45) is 5.92 Å².